The van der Waals surface area contributed by atoms with Gasteiger partial charge in [0.15, 0.2) is 5.78 Å². The van der Waals surface area contributed by atoms with E-state index in [1.165, 1.54) is 6.08 Å². The fourth-order valence-corrected chi connectivity index (χ4v) is 2.02. The summed E-state index contributed by atoms with van der Waals surface area (Å²) in [7, 11) is 0. The van der Waals surface area contributed by atoms with Gasteiger partial charge in [-0.2, -0.15) is 0 Å². The Labute approximate surface area is 126 Å². The summed E-state index contributed by atoms with van der Waals surface area (Å²) < 4.78 is 0. The summed E-state index contributed by atoms with van der Waals surface area (Å²) in [6.45, 7) is 0. The quantitative estimate of drug-likeness (QED) is 0.537. The van der Waals surface area contributed by atoms with Crippen LogP contribution in [-0.4, -0.2) is 5.78 Å². The van der Waals surface area contributed by atoms with Crippen molar-refractivity contribution >= 4 is 46.7 Å². The molecule has 1 nitrogen and oxygen atoms in total. The van der Waals surface area contributed by atoms with Gasteiger partial charge >= 0.3 is 0 Å². The highest BCUT2D eigenvalue weighted by atomic mass is 35.5. The second kappa shape index (κ2) is 6.25. The summed E-state index contributed by atoms with van der Waals surface area (Å²) in [5.74, 6) is -0.118. The minimum absolute atomic E-state index is 0.118. The SMILES string of the molecule is O=C(/C=C/c1cccc(Cl)c1Cl)c1ccc(Cl)cc1. The van der Waals surface area contributed by atoms with Crippen LogP contribution in [0.1, 0.15) is 15.9 Å². The number of carbonyl (C=O) groups excluding carboxylic acids is 1. The van der Waals surface area contributed by atoms with E-state index in [1.807, 2.05) is 0 Å². The molecular formula is C15H9Cl3O. The number of carbonyl (C=O) groups is 1. The molecule has 0 amide bonds. The fourth-order valence-electron chi connectivity index (χ4n) is 1.53. The number of halogens is 3. The molecule has 0 aliphatic heterocycles. The van der Waals surface area contributed by atoms with E-state index in [2.05, 4.69) is 0 Å². The van der Waals surface area contributed by atoms with E-state index in [-0.39, 0.29) is 5.78 Å². The average Bonchev–Trinajstić information content (AvgIpc) is 2.41. The zero-order chi connectivity index (χ0) is 13.8. The largest absolute Gasteiger partial charge is 0.289 e. The molecule has 0 saturated carbocycles. The van der Waals surface area contributed by atoms with Gasteiger partial charge in [0, 0.05) is 10.6 Å². The van der Waals surface area contributed by atoms with Crippen molar-refractivity contribution in [1.29, 1.82) is 0 Å². The minimum Gasteiger partial charge on any atom is -0.289 e. The predicted molar refractivity (Wildman–Crippen MR) is 81.3 cm³/mol. The Balaban J connectivity index is 2.21. The van der Waals surface area contributed by atoms with E-state index >= 15 is 0 Å². The second-order valence-electron chi connectivity index (χ2n) is 3.85. The smallest absolute Gasteiger partial charge is 0.185 e. The molecule has 0 radical (unpaired) electrons. The molecule has 0 bridgehead atoms. The van der Waals surface area contributed by atoms with Crippen molar-refractivity contribution in [3.05, 3.63) is 74.7 Å². The lowest BCUT2D eigenvalue weighted by molar-refractivity contribution is 0.104. The summed E-state index contributed by atoms with van der Waals surface area (Å²) in [6.07, 6.45) is 3.10. The number of rotatable bonds is 3. The van der Waals surface area contributed by atoms with E-state index in [0.717, 1.165) is 0 Å². The van der Waals surface area contributed by atoms with Crippen LogP contribution in [0.4, 0.5) is 0 Å². The van der Waals surface area contributed by atoms with E-state index in [1.54, 1.807) is 48.5 Å². The van der Waals surface area contributed by atoms with E-state index in [9.17, 15) is 4.79 Å². The molecule has 0 aliphatic carbocycles. The lowest BCUT2D eigenvalue weighted by Crippen LogP contribution is -1.93. The Hall–Kier alpha value is -1.28. The maximum Gasteiger partial charge on any atom is 0.185 e. The molecule has 0 spiro atoms. The van der Waals surface area contributed by atoms with E-state index in [4.69, 9.17) is 34.8 Å². The molecule has 0 atom stereocenters. The van der Waals surface area contributed by atoms with E-state index < -0.39 is 0 Å². The van der Waals surface area contributed by atoms with Crippen molar-refractivity contribution < 1.29 is 4.79 Å². The van der Waals surface area contributed by atoms with Gasteiger partial charge in [-0.15, -0.1) is 0 Å². The molecule has 2 aromatic rings. The van der Waals surface area contributed by atoms with Crippen LogP contribution < -0.4 is 0 Å². The highest BCUT2D eigenvalue weighted by molar-refractivity contribution is 6.42. The molecule has 2 rings (SSSR count). The first-order valence-corrected chi connectivity index (χ1v) is 6.63. The Kier molecular flexibility index (Phi) is 4.65. The highest BCUT2D eigenvalue weighted by Gasteiger charge is 2.04. The molecule has 0 heterocycles. The second-order valence-corrected chi connectivity index (χ2v) is 5.07. The third-order valence-electron chi connectivity index (χ3n) is 2.52. The lowest BCUT2D eigenvalue weighted by Gasteiger charge is -2.00. The monoisotopic (exact) mass is 310 g/mol. The molecule has 19 heavy (non-hydrogen) atoms. The average molecular weight is 312 g/mol. The molecule has 4 heteroatoms. The summed E-state index contributed by atoms with van der Waals surface area (Å²) in [4.78, 5) is 11.9. The third-order valence-corrected chi connectivity index (χ3v) is 3.61. The van der Waals surface area contributed by atoms with Gasteiger partial charge in [0.25, 0.3) is 0 Å². The predicted octanol–water partition coefficient (Wildman–Crippen LogP) is 5.54. The van der Waals surface area contributed by atoms with E-state index in [0.29, 0.717) is 26.2 Å². The molecule has 0 unspecified atom stereocenters. The van der Waals surface area contributed by atoms with Crippen molar-refractivity contribution in [2.75, 3.05) is 0 Å². The van der Waals surface area contributed by atoms with Crippen molar-refractivity contribution in [3.63, 3.8) is 0 Å². The summed E-state index contributed by atoms with van der Waals surface area (Å²) in [6, 6.07) is 12.0. The molecule has 0 aliphatic rings. The summed E-state index contributed by atoms with van der Waals surface area (Å²) in [5, 5.41) is 1.49. The van der Waals surface area contributed by atoms with Gasteiger partial charge in [0.2, 0.25) is 0 Å². The van der Waals surface area contributed by atoms with Crippen LogP contribution in [-0.2, 0) is 0 Å². The van der Waals surface area contributed by atoms with Crippen LogP contribution in [0.5, 0.6) is 0 Å². The first-order valence-electron chi connectivity index (χ1n) is 5.50. The Morgan fingerprint density at radius 2 is 1.63 bits per heavy atom. The molecule has 0 N–H and O–H groups in total. The maximum absolute atomic E-state index is 11.9. The summed E-state index contributed by atoms with van der Waals surface area (Å²) >= 11 is 17.7. The van der Waals surface area contributed by atoms with Crippen molar-refractivity contribution in [1.82, 2.24) is 0 Å². The number of allylic oxidation sites excluding steroid dienone is 1. The van der Waals surface area contributed by atoms with Crippen molar-refractivity contribution in [2.24, 2.45) is 0 Å². The molecular weight excluding hydrogens is 303 g/mol. The van der Waals surface area contributed by atoms with Gasteiger partial charge in [-0.1, -0.05) is 46.9 Å². The third kappa shape index (κ3) is 3.60. The van der Waals surface area contributed by atoms with Gasteiger partial charge in [-0.3, -0.25) is 4.79 Å². The van der Waals surface area contributed by atoms with Crippen LogP contribution >= 0.6 is 34.8 Å². The van der Waals surface area contributed by atoms with Crippen LogP contribution in [0.2, 0.25) is 15.1 Å². The van der Waals surface area contributed by atoms with Gasteiger partial charge in [0.05, 0.1) is 10.0 Å². The number of hydrogen-bond donors (Lipinski definition) is 0. The maximum atomic E-state index is 11.9. The Morgan fingerprint density at radius 1 is 0.947 bits per heavy atom. The summed E-state index contributed by atoms with van der Waals surface area (Å²) in [5.41, 5.74) is 1.27. The molecule has 96 valence electrons. The molecule has 0 saturated heterocycles. The van der Waals surface area contributed by atoms with Gasteiger partial charge in [0.1, 0.15) is 0 Å². The lowest BCUT2D eigenvalue weighted by atomic mass is 10.1. The molecule has 2 aromatic carbocycles. The number of ketones is 1. The fraction of sp³-hybridized carbons (Fsp3) is 0. The highest BCUT2D eigenvalue weighted by Crippen LogP contribution is 2.26. The zero-order valence-electron chi connectivity index (χ0n) is 9.74. The Morgan fingerprint density at radius 3 is 2.32 bits per heavy atom. The van der Waals surface area contributed by atoms with Crippen LogP contribution in [0.3, 0.4) is 0 Å². The molecule has 0 fully saturated rings. The van der Waals surface area contributed by atoms with Gasteiger partial charge in [-0.25, -0.2) is 0 Å². The van der Waals surface area contributed by atoms with Gasteiger partial charge in [-0.05, 0) is 48.0 Å². The number of benzene rings is 2. The number of hydrogen-bond acceptors (Lipinski definition) is 1. The normalized spacial score (nSPS) is 10.9. The minimum atomic E-state index is -0.118. The standard InChI is InChI=1S/C15H9Cl3O/c16-12-7-4-10(5-8-12)14(19)9-6-11-2-1-3-13(17)15(11)18/h1-9H/b9-6+. The van der Waals surface area contributed by atoms with Crippen molar-refractivity contribution in [2.45, 2.75) is 0 Å². The van der Waals surface area contributed by atoms with Crippen LogP contribution in [0.25, 0.3) is 6.08 Å². The first-order chi connectivity index (χ1) is 9.08. The topological polar surface area (TPSA) is 17.1 Å². The van der Waals surface area contributed by atoms with Crippen LogP contribution in [0.15, 0.2) is 48.5 Å². The van der Waals surface area contributed by atoms with Crippen LogP contribution in [0, 0.1) is 0 Å². The first kappa shape index (κ1) is 14.1. The Bertz CT molecular complexity index is 630. The van der Waals surface area contributed by atoms with Crippen molar-refractivity contribution in [3.8, 4) is 0 Å². The zero-order valence-corrected chi connectivity index (χ0v) is 12.0. The van der Waals surface area contributed by atoms with Gasteiger partial charge < -0.3 is 0 Å². The molecule has 0 aromatic heterocycles.